The average molecular weight is 491 g/mol. The highest BCUT2D eigenvalue weighted by atomic mass is 19.1. The highest BCUT2D eigenvalue weighted by molar-refractivity contribution is 6.45. The van der Waals surface area contributed by atoms with Crippen molar-refractivity contribution < 1.29 is 18.8 Å². The van der Waals surface area contributed by atoms with Gasteiger partial charge in [-0.15, -0.1) is 6.58 Å². The van der Waals surface area contributed by atoms with Crippen LogP contribution in [0.5, 0.6) is 0 Å². The number of piperazine rings is 1. The van der Waals surface area contributed by atoms with E-state index in [1.165, 1.54) is 23.2 Å². The Bertz CT molecular complexity index is 1340. The number of nitrogens with zero attached hydrogens (tertiary/aromatic N) is 4. The number of carbonyl (C=O) groups is 3. The molecule has 0 saturated carbocycles. The van der Waals surface area contributed by atoms with Crippen molar-refractivity contribution in [1.82, 2.24) is 19.8 Å². The molecule has 0 atom stereocenters. The summed E-state index contributed by atoms with van der Waals surface area (Å²) in [5.41, 5.74) is 7.29. The van der Waals surface area contributed by atoms with E-state index in [1.54, 1.807) is 47.3 Å². The number of aromatic amines is 1. The molecular weight excluding hydrogens is 463 g/mol. The lowest BCUT2D eigenvalue weighted by molar-refractivity contribution is -0.127. The van der Waals surface area contributed by atoms with E-state index in [0.29, 0.717) is 30.8 Å². The maximum atomic E-state index is 14.8. The van der Waals surface area contributed by atoms with E-state index in [-0.39, 0.29) is 41.3 Å². The van der Waals surface area contributed by atoms with Gasteiger partial charge in [0.25, 0.3) is 17.6 Å². The maximum Gasteiger partial charge on any atom is 0.295 e. The van der Waals surface area contributed by atoms with E-state index in [0.717, 1.165) is 0 Å². The molecule has 0 unspecified atom stereocenters. The number of hydrogen-bond donors (Lipinski definition) is 2. The third kappa shape index (κ3) is 4.83. The largest absolute Gasteiger partial charge is 0.382 e. The van der Waals surface area contributed by atoms with Gasteiger partial charge in [0.15, 0.2) is 5.84 Å². The third-order valence-electron chi connectivity index (χ3n) is 6.05. The molecule has 2 aromatic carbocycles. The number of carbonyl (C=O) groups excluding carboxylic acids is 3. The van der Waals surface area contributed by atoms with Crippen molar-refractivity contribution in [2.24, 2.45) is 10.8 Å². The van der Waals surface area contributed by atoms with E-state index in [2.05, 4.69) is 16.7 Å². The van der Waals surface area contributed by atoms with Gasteiger partial charge in [-0.05, 0) is 24.3 Å². The molecule has 0 bridgehead atoms. The lowest BCUT2D eigenvalue weighted by Gasteiger charge is -2.34. The number of H-pyrrole nitrogens is 1. The molecular formula is C26H27FN6O3. The molecule has 1 fully saturated rings. The summed E-state index contributed by atoms with van der Waals surface area (Å²) in [6.07, 6.45) is 2.97. The third-order valence-corrected chi connectivity index (χ3v) is 6.05. The van der Waals surface area contributed by atoms with Crippen molar-refractivity contribution in [2.45, 2.75) is 0 Å². The molecule has 186 valence electrons. The number of amidine groups is 1. The highest BCUT2D eigenvalue weighted by Gasteiger charge is 2.31. The number of hydrazone groups is 1. The summed E-state index contributed by atoms with van der Waals surface area (Å²) in [5, 5.41) is 5.79. The second-order valence-corrected chi connectivity index (χ2v) is 8.44. The number of likely N-dealkylation sites (N-methyl/N-ethyl adjacent to an activating group) is 1. The number of ketones is 1. The SMILES string of the molecule is C=CCN(C)/N=C(\N)c1ccc(F)c2c(C(=O)C(=O)N3CCN(C(=O)c4ccccc4)CC3)c[nH]c12. The number of fused-ring (bicyclic) bond motifs is 1. The standard InChI is InChI=1S/C26H27FN6O3/c1-3-11-31(2)30-24(28)18-9-10-20(27)21-19(16-29-22(18)21)23(34)26(36)33-14-12-32(13-15-33)25(35)17-7-5-4-6-8-17/h3-10,16,29H,1,11-15H2,2H3,(H2,28,30). The first-order valence-corrected chi connectivity index (χ1v) is 11.5. The first kappa shape index (κ1) is 24.6. The van der Waals surface area contributed by atoms with Crippen LogP contribution in [0.1, 0.15) is 26.3 Å². The summed E-state index contributed by atoms with van der Waals surface area (Å²) < 4.78 is 14.8. The molecule has 0 aliphatic carbocycles. The fourth-order valence-electron chi connectivity index (χ4n) is 4.20. The molecule has 0 radical (unpaired) electrons. The molecule has 1 aliphatic heterocycles. The van der Waals surface area contributed by atoms with Crippen molar-refractivity contribution in [2.75, 3.05) is 39.8 Å². The van der Waals surface area contributed by atoms with E-state index >= 15 is 0 Å². The Morgan fingerprint density at radius 1 is 1.08 bits per heavy atom. The van der Waals surface area contributed by atoms with Gasteiger partial charge in [-0.2, -0.15) is 5.10 Å². The Labute approximate surface area is 207 Å². The molecule has 2 heterocycles. The van der Waals surface area contributed by atoms with Gasteiger partial charge < -0.3 is 20.5 Å². The van der Waals surface area contributed by atoms with E-state index in [4.69, 9.17) is 5.73 Å². The quantitative estimate of drug-likeness (QED) is 0.132. The Morgan fingerprint density at radius 2 is 1.75 bits per heavy atom. The van der Waals surface area contributed by atoms with Gasteiger partial charge in [0.05, 0.1) is 17.6 Å². The van der Waals surface area contributed by atoms with Gasteiger partial charge >= 0.3 is 0 Å². The Hall–Kier alpha value is -4.47. The maximum absolute atomic E-state index is 14.8. The highest BCUT2D eigenvalue weighted by Crippen LogP contribution is 2.26. The smallest absolute Gasteiger partial charge is 0.295 e. The van der Waals surface area contributed by atoms with Gasteiger partial charge in [-0.3, -0.25) is 19.4 Å². The summed E-state index contributed by atoms with van der Waals surface area (Å²) in [6, 6.07) is 11.5. The molecule has 36 heavy (non-hydrogen) atoms. The van der Waals surface area contributed by atoms with Crippen molar-refractivity contribution in [3.8, 4) is 0 Å². The fraction of sp³-hybridized carbons (Fsp3) is 0.231. The second kappa shape index (κ2) is 10.4. The van der Waals surface area contributed by atoms with Crippen LogP contribution in [0.3, 0.4) is 0 Å². The van der Waals surface area contributed by atoms with Crippen LogP contribution >= 0.6 is 0 Å². The number of hydrogen-bond acceptors (Lipinski definition) is 5. The van der Waals surface area contributed by atoms with Crippen LogP contribution in [-0.2, 0) is 4.79 Å². The number of nitrogens with one attached hydrogen (secondary N) is 1. The lowest BCUT2D eigenvalue weighted by atomic mass is 10.0. The topological polar surface area (TPSA) is 115 Å². The summed E-state index contributed by atoms with van der Waals surface area (Å²) in [7, 11) is 1.71. The zero-order chi connectivity index (χ0) is 25.8. The van der Waals surface area contributed by atoms with Crippen molar-refractivity contribution >= 4 is 34.3 Å². The Morgan fingerprint density at radius 3 is 2.42 bits per heavy atom. The van der Waals surface area contributed by atoms with E-state index in [1.807, 2.05) is 6.07 Å². The number of nitrogens with two attached hydrogens (primary N) is 1. The predicted molar refractivity (Wildman–Crippen MR) is 135 cm³/mol. The molecule has 9 nitrogen and oxygen atoms in total. The van der Waals surface area contributed by atoms with Crippen molar-refractivity contribution in [3.05, 3.63) is 83.8 Å². The van der Waals surface area contributed by atoms with Gasteiger partial charge in [-0.1, -0.05) is 24.3 Å². The van der Waals surface area contributed by atoms with Crippen molar-refractivity contribution in [3.63, 3.8) is 0 Å². The first-order valence-electron chi connectivity index (χ1n) is 11.5. The molecule has 1 saturated heterocycles. The van der Waals surface area contributed by atoms with Crippen LogP contribution in [0.2, 0.25) is 0 Å². The minimum absolute atomic E-state index is 0.0201. The summed E-state index contributed by atoms with van der Waals surface area (Å²) >= 11 is 0. The second-order valence-electron chi connectivity index (χ2n) is 8.44. The summed E-state index contributed by atoms with van der Waals surface area (Å²) in [5.74, 6) is -2.25. The zero-order valence-corrected chi connectivity index (χ0v) is 19.9. The minimum atomic E-state index is -0.834. The van der Waals surface area contributed by atoms with Crippen LogP contribution in [0.4, 0.5) is 4.39 Å². The molecule has 1 aromatic heterocycles. The lowest BCUT2D eigenvalue weighted by Crippen LogP contribution is -2.52. The van der Waals surface area contributed by atoms with Gasteiger partial charge in [0.2, 0.25) is 0 Å². The van der Waals surface area contributed by atoms with E-state index in [9.17, 15) is 18.8 Å². The number of aromatic nitrogens is 1. The average Bonchev–Trinajstić information content (AvgIpc) is 3.34. The molecule has 10 heteroatoms. The zero-order valence-electron chi connectivity index (χ0n) is 19.9. The number of amides is 2. The van der Waals surface area contributed by atoms with Gasteiger partial charge in [0, 0.05) is 55.9 Å². The van der Waals surface area contributed by atoms with Crippen LogP contribution in [0.25, 0.3) is 10.9 Å². The number of halogens is 1. The van der Waals surface area contributed by atoms with Crippen LogP contribution in [0.15, 0.2) is 66.4 Å². The normalized spacial score (nSPS) is 14.1. The predicted octanol–water partition coefficient (Wildman–Crippen LogP) is 2.21. The molecule has 1 aliphatic rings. The Kier molecular flexibility index (Phi) is 7.14. The van der Waals surface area contributed by atoms with E-state index < -0.39 is 17.5 Å². The molecule has 0 spiro atoms. The number of benzene rings is 2. The molecule has 4 rings (SSSR count). The summed E-state index contributed by atoms with van der Waals surface area (Å²) in [6.45, 7) is 5.10. The van der Waals surface area contributed by atoms with Crippen LogP contribution < -0.4 is 5.73 Å². The minimum Gasteiger partial charge on any atom is -0.382 e. The Balaban J connectivity index is 1.52. The number of rotatable bonds is 7. The molecule has 3 N–H and O–H groups in total. The molecule has 3 aromatic rings. The molecule has 2 amide bonds. The van der Waals surface area contributed by atoms with Crippen LogP contribution in [0, 0.1) is 5.82 Å². The summed E-state index contributed by atoms with van der Waals surface area (Å²) in [4.78, 5) is 44.7. The first-order chi connectivity index (χ1) is 17.3. The van der Waals surface area contributed by atoms with Gasteiger partial charge in [0.1, 0.15) is 5.82 Å². The monoisotopic (exact) mass is 490 g/mol. The number of Topliss-reactive ketones (excluding diaryl/α,β-unsaturated/α-hetero) is 1. The van der Waals surface area contributed by atoms with Crippen LogP contribution in [-0.4, -0.2) is 83.0 Å². The fourth-order valence-corrected chi connectivity index (χ4v) is 4.20. The van der Waals surface area contributed by atoms with Gasteiger partial charge in [-0.25, -0.2) is 4.39 Å². The van der Waals surface area contributed by atoms with Crippen molar-refractivity contribution in [1.29, 1.82) is 0 Å².